The number of nitrogen functional groups attached to an aromatic ring is 1. The molecule has 1 aromatic carbocycles. The van der Waals surface area contributed by atoms with E-state index in [1.807, 2.05) is 0 Å². The summed E-state index contributed by atoms with van der Waals surface area (Å²) >= 11 is 5.88. The van der Waals surface area contributed by atoms with Gasteiger partial charge in [0.05, 0.1) is 23.2 Å². The summed E-state index contributed by atoms with van der Waals surface area (Å²) < 4.78 is 31.1. The molecule has 1 heterocycles. The number of hydrogen-bond acceptors (Lipinski definition) is 4. The van der Waals surface area contributed by atoms with Crippen LogP contribution in [-0.4, -0.2) is 33.9 Å². The molecule has 5 nitrogen and oxygen atoms in total. The minimum Gasteiger partial charge on any atom is -0.397 e. The molecule has 0 bridgehead atoms. The van der Waals surface area contributed by atoms with Gasteiger partial charge in [0, 0.05) is 18.7 Å². The molecule has 2 rings (SSSR count). The summed E-state index contributed by atoms with van der Waals surface area (Å²) in [6.45, 7) is 0.628. The minimum absolute atomic E-state index is 0.0323. The van der Waals surface area contributed by atoms with Crippen LogP contribution in [0.4, 0.5) is 11.4 Å². The van der Waals surface area contributed by atoms with Crippen molar-refractivity contribution in [1.29, 1.82) is 0 Å². The summed E-state index contributed by atoms with van der Waals surface area (Å²) in [6.07, 6.45) is 1.45. The van der Waals surface area contributed by atoms with Crippen molar-refractivity contribution in [3.05, 3.63) is 23.2 Å². The molecule has 19 heavy (non-hydrogen) atoms. The fraction of sp³-hybridized carbons (Fsp3) is 0.500. The molecule has 106 valence electrons. The van der Waals surface area contributed by atoms with Crippen LogP contribution in [0.2, 0.25) is 5.02 Å². The van der Waals surface area contributed by atoms with Crippen molar-refractivity contribution < 1.29 is 13.2 Å². The number of hydrogen-bond donors (Lipinski definition) is 1. The highest BCUT2D eigenvalue weighted by Gasteiger charge is 2.27. The van der Waals surface area contributed by atoms with Crippen LogP contribution < -0.4 is 10.0 Å². The average molecular weight is 305 g/mol. The summed E-state index contributed by atoms with van der Waals surface area (Å²) in [7, 11) is -1.99. The normalized spacial score (nSPS) is 19.6. The maximum atomic E-state index is 12.3. The van der Waals surface area contributed by atoms with E-state index in [-0.39, 0.29) is 11.9 Å². The van der Waals surface area contributed by atoms with Gasteiger partial charge in [-0.05, 0) is 31.0 Å². The maximum Gasteiger partial charge on any atom is 0.237 e. The van der Waals surface area contributed by atoms with E-state index < -0.39 is 10.0 Å². The van der Waals surface area contributed by atoms with Crippen molar-refractivity contribution in [1.82, 2.24) is 0 Å². The minimum atomic E-state index is -3.47. The molecular weight excluding hydrogens is 288 g/mol. The molecule has 1 aromatic rings. The van der Waals surface area contributed by atoms with Crippen LogP contribution in [0.15, 0.2) is 18.2 Å². The molecular formula is C12H17ClN2O3S. The van der Waals surface area contributed by atoms with E-state index in [1.165, 1.54) is 11.4 Å². The topological polar surface area (TPSA) is 72.6 Å². The highest BCUT2D eigenvalue weighted by molar-refractivity contribution is 7.92. The second kappa shape index (κ2) is 5.56. The summed E-state index contributed by atoms with van der Waals surface area (Å²) in [5, 5.41) is 0.448. The van der Waals surface area contributed by atoms with Crippen molar-refractivity contribution in [2.24, 2.45) is 0 Å². The Morgan fingerprint density at radius 3 is 2.89 bits per heavy atom. The maximum absolute atomic E-state index is 12.3. The summed E-state index contributed by atoms with van der Waals surface area (Å²) in [4.78, 5) is 0. The van der Waals surface area contributed by atoms with Gasteiger partial charge in [0.1, 0.15) is 0 Å². The van der Waals surface area contributed by atoms with Gasteiger partial charge in [-0.2, -0.15) is 0 Å². The van der Waals surface area contributed by atoms with E-state index in [2.05, 4.69) is 0 Å². The lowest BCUT2D eigenvalue weighted by molar-refractivity contribution is 0.127. The Kier molecular flexibility index (Phi) is 4.23. The molecule has 1 unspecified atom stereocenters. The largest absolute Gasteiger partial charge is 0.397 e. The van der Waals surface area contributed by atoms with Crippen molar-refractivity contribution in [3.8, 4) is 0 Å². The molecule has 1 fully saturated rings. The zero-order valence-corrected chi connectivity index (χ0v) is 12.2. The van der Waals surface area contributed by atoms with E-state index in [0.717, 1.165) is 12.8 Å². The lowest BCUT2D eigenvalue weighted by Gasteiger charge is -2.22. The molecule has 0 spiro atoms. The SMILES string of the molecule is CN(c1cc(Cl)ccc1N)S(=O)(=O)CC1CCCO1. The third-order valence-corrected chi connectivity index (χ3v) is 5.23. The number of rotatable bonds is 4. The van der Waals surface area contributed by atoms with Crippen molar-refractivity contribution in [3.63, 3.8) is 0 Å². The van der Waals surface area contributed by atoms with Crippen molar-refractivity contribution in [2.75, 3.05) is 29.4 Å². The summed E-state index contributed by atoms with van der Waals surface area (Å²) in [5.41, 5.74) is 6.57. The fourth-order valence-electron chi connectivity index (χ4n) is 2.06. The molecule has 0 radical (unpaired) electrons. The molecule has 2 N–H and O–H groups in total. The Balaban J connectivity index is 2.21. The molecule has 0 amide bonds. The Labute approximate surface area is 118 Å². The van der Waals surface area contributed by atoms with Crippen LogP contribution in [0.5, 0.6) is 0 Å². The predicted molar refractivity (Wildman–Crippen MR) is 77.0 cm³/mol. The van der Waals surface area contributed by atoms with E-state index in [9.17, 15) is 8.42 Å². The molecule has 0 saturated carbocycles. The number of benzene rings is 1. The molecule has 7 heteroatoms. The third kappa shape index (κ3) is 3.32. The molecule has 1 aliphatic rings. The van der Waals surface area contributed by atoms with Gasteiger partial charge in [-0.3, -0.25) is 4.31 Å². The number of halogens is 1. The zero-order chi connectivity index (χ0) is 14.0. The van der Waals surface area contributed by atoms with Gasteiger partial charge in [0.25, 0.3) is 0 Å². The number of sulfonamides is 1. The van der Waals surface area contributed by atoms with Gasteiger partial charge in [0.2, 0.25) is 10.0 Å². The first-order valence-electron chi connectivity index (χ1n) is 6.03. The third-order valence-electron chi connectivity index (χ3n) is 3.17. The first-order chi connectivity index (χ1) is 8.90. The molecule has 1 atom stereocenters. The Morgan fingerprint density at radius 2 is 2.26 bits per heavy atom. The van der Waals surface area contributed by atoms with Crippen LogP contribution in [0.25, 0.3) is 0 Å². The predicted octanol–water partition coefficient (Wildman–Crippen LogP) is 1.87. The average Bonchev–Trinajstić information content (AvgIpc) is 2.83. The van der Waals surface area contributed by atoms with Crippen LogP contribution in [0.3, 0.4) is 0 Å². The van der Waals surface area contributed by atoms with E-state index in [1.54, 1.807) is 18.2 Å². The zero-order valence-electron chi connectivity index (χ0n) is 10.7. The van der Waals surface area contributed by atoms with Crippen LogP contribution in [0, 0.1) is 0 Å². The van der Waals surface area contributed by atoms with Gasteiger partial charge < -0.3 is 10.5 Å². The van der Waals surface area contributed by atoms with Gasteiger partial charge in [0.15, 0.2) is 0 Å². The Bertz CT molecular complexity index is 556. The van der Waals surface area contributed by atoms with Crippen molar-refractivity contribution in [2.45, 2.75) is 18.9 Å². The number of nitrogens with two attached hydrogens (primary N) is 1. The standard InChI is InChI=1S/C12H17ClN2O3S/c1-15(12-7-9(13)4-5-11(12)14)19(16,17)8-10-3-2-6-18-10/h4-5,7,10H,2-3,6,8,14H2,1H3. The first kappa shape index (κ1) is 14.4. The Hall–Kier alpha value is -0.980. The van der Waals surface area contributed by atoms with Gasteiger partial charge in [-0.25, -0.2) is 8.42 Å². The van der Waals surface area contributed by atoms with E-state index in [0.29, 0.717) is 23.0 Å². The molecule has 0 aliphatic carbocycles. The second-order valence-electron chi connectivity index (χ2n) is 4.58. The summed E-state index contributed by atoms with van der Waals surface area (Å²) in [6, 6.07) is 4.76. The lowest BCUT2D eigenvalue weighted by atomic mass is 10.3. The van der Waals surface area contributed by atoms with Crippen LogP contribution in [0.1, 0.15) is 12.8 Å². The van der Waals surface area contributed by atoms with Crippen molar-refractivity contribution >= 4 is 33.0 Å². The van der Waals surface area contributed by atoms with Gasteiger partial charge in [-0.1, -0.05) is 11.6 Å². The van der Waals surface area contributed by atoms with Gasteiger partial charge in [-0.15, -0.1) is 0 Å². The smallest absolute Gasteiger partial charge is 0.237 e. The number of nitrogens with zero attached hydrogens (tertiary/aromatic N) is 1. The molecule has 1 saturated heterocycles. The fourth-order valence-corrected chi connectivity index (χ4v) is 3.64. The second-order valence-corrected chi connectivity index (χ2v) is 7.07. The highest BCUT2D eigenvalue weighted by Crippen LogP contribution is 2.28. The molecule has 1 aliphatic heterocycles. The number of anilines is 2. The van der Waals surface area contributed by atoms with Gasteiger partial charge >= 0.3 is 0 Å². The monoisotopic (exact) mass is 304 g/mol. The lowest BCUT2D eigenvalue weighted by Crippen LogP contribution is -2.34. The van der Waals surface area contributed by atoms with E-state index >= 15 is 0 Å². The molecule has 0 aromatic heterocycles. The quantitative estimate of drug-likeness (QED) is 0.862. The Morgan fingerprint density at radius 1 is 1.53 bits per heavy atom. The van der Waals surface area contributed by atoms with E-state index in [4.69, 9.17) is 22.1 Å². The highest BCUT2D eigenvalue weighted by atomic mass is 35.5. The summed E-state index contributed by atoms with van der Waals surface area (Å²) in [5.74, 6) is -0.0323. The first-order valence-corrected chi connectivity index (χ1v) is 8.02. The van der Waals surface area contributed by atoms with Crippen LogP contribution in [-0.2, 0) is 14.8 Å². The number of ether oxygens (including phenoxy) is 1. The van der Waals surface area contributed by atoms with Crippen LogP contribution >= 0.6 is 11.6 Å².